The minimum atomic E-state index is -4.09. The highest BCUT2D eigenvalue weighted by atomic mass is 32.2. The molecule has 11 heteroatoms. The van der Waals surface area contributed by atoms with Crippen molar-refractivity contribution in [3.8, 4) is 11.5 Å². The Morgan fingerprint density at radius 3 is 2.11 bits per heavy atom. The predicted octanol–water partition coefficient (Wildman–Crippen LogP) is 2.24. The van der Waals surface area contributed by atoms with Gasteiger partial charge in [-0.2, -0.15) is 9.82 Å². The number of carboxylic acid groups (broad SMARTS) is 1. The topological polar surface area (TPSA) is 160 Å². The molecule has 0 fully saturated rings. The van der Waals surface area contributed by atoms with E-state index in [2.05, 4.69) is 15.1 Å². The van der Waals surface area contributed by atoms with E-state index >= 15 is 0 Å². The first-order valence-corrected chi connectivity index (χ1v) is 11.9. The van der Waals surface area contributed by atoms with Gasteiger partial charge in [0, 0.05) is 12.1 Å². The molecule has 3 aromatic rings. The van der Waals surface area contributed by atoms with E-state index in [-0.39, 0.29) is 10.5 Å². The van der Waals surface area contributed by atoms with E-state index in [4.69, 9.17) is 10.6 Å². The summed E-state index contributed by atoms with van der Waals surface area (Å²) < 4.78 is 32.8. The molecule has 5 N–H and O–H groups in total. The minimum Gasteiger partial charge on any atom is -0.480 e. The monoisotopic (exact) mass is 496 g/mol. The number of hydrazone groups is 1. The number of hydrogen-bond acceptors (Lipinski definition) is 7. The number of amides is 1. The van der Waals surface area contributed by atoms with Crippen LogP contribution < -0.4 is 20.6 Å². The van der Waals surface area contributed by atoms with Crippen LogP contribution in [0.4, 0.5) is 0 Å². The van der Waals surface area contributed by atoms with Crippen molar-refractivity contribution in [3.05, 3.63) is 89.5 Å². The molecule has 0 saturated heterocycles. The van der Waals surface area contributed by atoms with E-state index in [1.165, 1.54) is 30.5 Å². The van der Waals surface area contributed by atoms with Gasteiger partial charge >= 0.3 is 5.97 Å². The van der Waals surface area contributed by atoms with Gasteiger partial charge in [-0.1, -0.05) is 17.7 Å². The number of hydrogen-bond donors (Lipinski definition) is 4. The summed E-state index contributed by atoms with van der Waals surface area (Å²) in [6.07, 6.45) is 1.50. The van der Waals surface area contributed by atoms with E-state index in [9.17, 15) is 23.1 Å². The first-order chi connectivity index (χ1) is 16.7. The first kappa shape index (κ1) is 25.4. The maximum atomic E-state index is 12.5. The highest BCUT2D eigenvalue weighted by Crippen LogP contribution is 2.22. The van der Waals surface area contributed by atoms with Gasteiger partial charge in [-0.05, 0) is 73.2 Å². The van der Waals surface area contributed by atoms with E-state index < -0.39 is 34.5 Å². The molecule has 10 nitrogen and oxygen atoms in total. The smallest absolute Gasteiger partial charge is 0.323 e. The fourth-order valence-corrected chi connectivity index (χ4v) is 4.16. The molecule has 1 atom stereocenters. The second kappa shape index (κ2) is 11.3. The molecule has 0 aliphatic rings. The lowest BCUT2D eigenvalue weighted by molar-refractivity contribution is -0.138. The van der Waals surface area contributed by atoms with Crippen molar-refractivity contribution in [2.24, 2.45) is 10.9 Å². The van der Waals surface area contributed by atoms with Crippen molar-refractivity contribution < 1.29 is 27.9 Å². The maximum absolute atomic E-state index is 12.5. The summed E-state index contributed by atoms with van der Waals surface area (Å²) in [6, 6.07) is 17.6. The number of aliphatic carboxylic acids is 1. The van der Waals surface area contributed by atoms with Crippen molar-refractivity contribution in [2.75, 3.05) is 6.54 Å². The normalized spacial score (nSPS) is 12.3. The average molecular weight is 497 g/mol. The Kier molecular flexibility index (Phi) is 8.18. The molecule has 0 aliphatic carbocycles. The summed E-state index contributed by atoms with van der Waals surface area (Å²) in [5.74, 6) is 4.18. The number of sulfonamides is 1. The first-order valence-electron chi connectivity index (χ1n) is 10.4. The zero-order chi connectivity index (χ0) is 25.4. The number of nitrogens with one attached hydrogen (secondary N) is 2. The average Bonchev–Trinajstić information content (AvgIpc) is 2.83. The molecule has 0 bridgehead atoms. The third-order valence-electron chi connectivity index (χ3n) is 4.85. The number of benzene rings is 3. The van der Waals surface area contributed by atoms with Crippen LogP contribution in [-0.2, 0) is 14.8 Å². The van der Waals surface area contributed by atoms with Crippen molar-refractivity contribution in [3.63, 3.8) is 0 Å². The van der Waals surface area contributed by atoms with Crippen LogP contribution >= 0.6 is 0 Å². The van der Waals surface area contributed by atoms with Crippen LogP contribution in [0.1, 0.15) is 21.5 Å². The molecule has 0 aliphatic heterocycles. The van der Waals surface area contributed by atoms with Crippen molar-refractivity contribution in [1.29, 1.82) is 0 Å². The molecule has 0 saturated carbocycles. The highest BCUT2D eigenvalue weighted by molar-refractivity contribution is 7.89. The SMILES string of the molecule is Cc1ccc(S(=O)(=O)N[C@H](CNC(=O)c2ccc(Oc3ccc(C=NN)cc3)cc2)C(=O)O)cc1. The van der Waals surface area contributed by atoms with Crippen molar-refractivity contribution in [2.45, 2.75) is 17.9 Å². The molecule has 0 unspecified atom stereocenters. The lowest BCUT2D eigenvalue weighted by atomic mass is 10.2. The van der Waals surface area contributed by atoms with Gasteiger partial charge in [0.2, 0.25) is 10.0 Å². The third-order valence-corrected chi connectivity index (χ3v) is 6.34. The molecule has 1 amide bonds. The summed E-state index contributed by atoms with van der Waals surface area (Å²) in [4.78, 5) is 24.0. The highest BCUT2D eigenvalue weighted by Gasteiger charge is 2.26. The molecule has 0 heterocycles. The van der Waals surface area contributed by atoms with Gasteiger partial charge in [-0.15, -0.1) is 0 Å². The predicted molar refractivity (Wildman–Crippen MR) is 130 cm³/mol. The summed E-state index contributed by atoms with van der Waals surface area (Å²) in [5.41, 5.74) is 1.92. The quantitative estimate of drug-likeness (QED) is 0.190. The number of carbonyl (C=O) groups excluding carboxylic acids is 1. The number of nitrogens with zero attached hydrogens (tertiary/aromatic N) is 1. The van der Waals surface area contributed by atoms with E-state index in [0.29, 0.717) is 11.5 Å². The van der Waals surface area contributed by atoms with Crippen LogP contribution in [0.2, 0.25) is 0 Å². The van der Waals surface area contributed by atoms with Crippen LogP contribution in [0.15, 0.2) is 82.8 Å². The molecule has 3 aromatic carbocycles. The number of ether oxygens (including phenoxy) is 1. The maximum Gasteiger partial charge on any atom is 0.323 e. The van der Waals surface area contributed by atoms with Crippen molar-refractivity contribution in [1.82, 2.24) is 10.0 Å². The van der Waals surface area contributed by atoms with E-state index in [0.717, 1.165) is 11.1 Å². The zero-order valence-corrected chi connectivity index (χ0v) is 19.5. The van der Waals surface area contributed by atoms with Gasteiger partial charge in [-0.3, -0.25) is 9.59 Å². The largest absolute Gasteiger partial charge is 0.480 e. The van der Waals surface area contributed by atoms with Crippen LogP contribution in [0.5, 0.6) is 11.5 Å². The Labute approximate surface area is 202 Å². The Balaban J connectivity index is 1.59. The fourth-order valence-electron chi connectivity index (χ4n) is 2.97. The zero-order valence-electron chi connectivity index (χ0n) is 18.7. The van der Waals surface area contributed by atoms with Crippen LogP contribution in [0.3, 0.4) is 0 Å². The Morgan fingerprint density at radius 1 is 1.00 bits per heavy atom. The molecule has 0 radical (unpaired) electrons. The third kappa shape index (κ3) is 7.13. The van der Waals surface area contributed by atoms with Gasteiger partial charge < -0.3 is 21.0 Å². The molecule has 0 aromatic heterocycles. The number of aryl methyl sites for hydroxylation is 1. The standard InChI is InChI=1S/C24H24N4O6S/c1-16-2-12-21(13-3-16)35(32,33)28-22(24(30)31)15-26-23(29)18-6-10-20(11-7-18)34-19-8-4-17(5-9-19)14-27-25/h2-14,22,28H,15,25H2,1H3,(H,26,29)(H,30,31)/t22-/m1/s1. The molecule has 35 heavy (non-hydrogen) atoms. The van der Waals surface area contributed by atoms with Gasteiger partial charge in [0.15, 0.2) is 0 Å². The van der Waals surface area contributed by atoms with E-state index in [1.807, 2.05) is 0 Å². The molecule has 182 valence electrons. The second-order valence-corrected chi connectivity index (χ2v) is 9.22. The molecular weight excluding hydrogens is 472 g/mol. The van der Waals surface area contributed by atoms with Gasteiger partial charge in [0.05, 0.1) is 11.1 Å². The van der Waals surface area contributed by atoms with Crippen LogP contribution in [-0.4, -0.2) is 44.2 Å². The Hall–Kier alpha value is -4.22. The minimum absolute atomic E-state index is 0.0709. The van der Waals surface area contributed by atoms with E-state index in [1.54, 1.807) is 55.5 Å². The summed E-state index contributed by atoms with van der Waals surface area (Å²) >= 11 is 0. The van der Waals surface area contributed by atoms with Gasteiger partial charge in [-0.25, -0.2) is 8.42 Å². The van der Waals surface area contributed by atoms with Crippen molar-refractivity contribution >= 4 is 28.1 Å². The van der Waals surface area contributed by atoms with Crippen LogP contribution in [0.25, 0.3) is 0 Å². The fraction of sp³-hybridized carbons (Fsp3) is 0.125. The summed E-state index contributed by atoms with van der Waals surface area (Å²) in [5, 5.41) is 15.3. The molecular formula is C24H24N4O6S. The lowest BCUT2D eigenvalue weighted by Gasteiger charge is -2.16. The molecule has 0 spiro atoms. The number of nitrogens with two attached hydrogens (primary N) is 1. The van der Waals surface area contributed by atoms with Gasteiger partial charge in [0.25, 0.3) is 5.91 Å². The summed E-state index contributed by atoms with van der Waals surface area (Å²) in [6.45, 7) is 1.35. The number of carboxylic acids is 1. The second-order valence-electron chi connectivity index (χ2n) is 7.51. The summed E-state index contributed by atoms with van der Waals surface area (Å²) in [7, 11) is -4.09. The Bertz CT molecular complexity index is 1310. The van der Waals surface area contributed by atoms with Crippen LogP contribution in [0, 0.1) is 6.92 Å². The number of rotatable bonds is 10. The number of carbonyl (C=O) groups is 2. The molecule has 3 rings (SSSR count). The van der Waals surface area contributed by atoms with Gasteiger partial charge in [0.1, 0.15) is 17.5 Å². The lowest BCUT2D eigenvalue weighted by Crippen LogP contribution is -2.48. The Morgan fingerprint density at radius 2 is 1.57 bits per heavy atom.